The molecule has 2 aliphatic heterocycles. The third-order valence-corrected chi connectivity index (χ3v) is 7.16. The average Bonchev–Trinajstić information content (AvgIpc) is 3.37. The van der Waals surface area contributed by atoms with E-state index in [9.17, 15) is 0 Å². The van der Waals surface area contributed by atoms with E-state index in [1.54, 1.807) is 11.1 Å². The number of hydrogen-bond donors (Lipinski definition) is 0. The molecule has 4 rings (SSSR count). The van der Waals surface area contributed by atoms with Gasteiger partial charge in [-0.1, -0.05) is 35.9 Å². The van der Waals surface area contributed by atoms with E-state index >= 15 is 0 Å². The molecule has 0 aromatic heterocycles. The average molecular weight is 383 g/mol. The highest BCUT2D eigenvalue weighted by Crippen LogP contribution is 2.29. The van der Waals surface area contributed by atoms with Crippen LogP contribution in [0, 0.1) is 5.92 Å². The Kier molecular flexibility index (Phi) is 6.87. The van der Waals surface area contributed by atoms with Crippen molar-refractivity contribution in [3.8, 4) is 0 Å². The smallest absolute Gasteiger partial charge is 0.0702 e. The second-order valence-corrected chi connectivity index (χ2v) is 9.27. The molecule has 2 fully saturated rings. The summed E-state index contributed by atoms with van der Waals surface area (Å²) in [4.78, 5) is 5.45. The summed E-state index contributed by atoms with van der Waals surface area (Å²) in [6.45, 7) is 11.4. The van der Waals surface area contributed by atoms with Crippen molar-refractivity contribution in [1.82, 2.24) is 9.80 Å². The SMILES string of the molecule is CC=C(C)CN(CC1CCN(C2Cc3ccccc3C2)CC1)CC1CCCO1. The Hall–Kier alpha value is -1.16. The van der Waals surface area contributed by atoms with Gasteiger partial charge in [0.2, 0.25) is 0 Å². The molecule has 0 bridgehead atoms. The van der Waals surface area contributed by atoms with Crippen LogP contribution in [0.5, 0.6) is 0 Å². The molecule has 0 radical (unpaired) electrons. The zero-order valence-corrected chi connectivity index (χ0v) is 17.9. The van der Waals surface area contributed by atoms with Gasteiger partial charge in [0, 0.05) is 32.3 Å². The lowest BCUT2D eigenvalue weighted by Gasteiger charge is -2.38. The monoisotopic (exact) mass is 382 g/mol. The van der Waals surface area contributed by atoms with Gasteiger partial charge in [-0.05, 0) is 82.5 Å². The summed E-state index contributed by atoms with van der Waals surface area (Å²) in [5, 5.41) is 0. The van der Waals surface area contributed by atoms with Gasteiger partial charge in [0.05, 0.1) is 6.10 Å². The molecule has 0 amide bonds. The van der Waals surface area contributed by atoms with Gasteiger partial charge in [-0.15, -0.1) is 0 Å². The van der Waals surface area contributed by atoms with E-state index in [-0.39, 0.29) is 0 Å². The summed E-state index contributed by atoms with van der Waals surface area (Å²) >= 11 is 0. The summed E-state index contributed by atoms with van der Waals surface area (Å²) in [6, 6.07) is 9.79. The summed E-state index contributed by atoms with van der Waals surface area (Å²) in [5.74, 6) is 0.839. The van der Waals surface area contributed by atoms with E-state index in [0.717, 1.165) is 31.7 Å². The lowest BCUT2D eigenvalue weighted by Crippen LogP contribution is -2.45. The van der Waals surface area contributed by atoms with E-state index < -0.39 is 0 Å². The minimum Gasteiger partial charge on any atom is -0.377 e. The van der Waals surface area contributed by atoms with Crippen molar-refractivity contribution in [3.63, 3.8) is 0 Å². The van der Waals surface area contributed by atoms with Crippen LogP contribution in [0.15, 0.2) is 35.9 Å². The molecule has 1 unspecified atom stereocenters. The number of ether oxygens (including phenoxy) is 1. The molecule has 3 heteroatoms. The Morgan fingerprint density at radius 1 is 1.11 bits per heavy atom. The lowest BCUT2D eigenvalue weighted by atomic mass is 9.94. The first-order valence-corrected chi connectivity index (χ1v) is 11.5. The first kappa shape index (κ1) is 20.1. The number of piperidine rings is 1. The molecular formula is C25H38N2O. The van der Waals surface area contributed by atoms with Crippen molar-refractivity contribution in [2.45, 2.75) is 64.5 Å². The van der Waals surface area contributed by atoms with Crippen LogP contribution in [0.1, 0.15) is 50.7 Å². The van der Waals surface area contributed by atoms with Gasteiger partial charge in [0.15, 0.2) is 0 Å². The minimum atomic E-state index is 0.460. The largest absolute Gasteiger partial charge is 0.377 e. The number of allylic oxidation sites excluding steroid dienone is 1. The van der Waals surface area contributed by atoms with E-state index in [4.69, 9.17) is 4.74 Å². The Balaban J connectivity index is 1.27. The Bertz CT molecular complexity index is 631. The first-order chi connectivity index (χ1) is 13.7. The molecule has 1 aromatic carbocycles. The van der Waals surface area contributed by atoms with Crippen LogP contribution in [0.2, 0.25) is 0 Å². The Morgan fingerprint density at radius 2 is 1.82 bits per heavy atom. The molecule has 2 saturated heterocycles. The van der Waals surface area contributed by atoms with Crippen LogP contribution in [0.25, 0.3) is 0 Å². The van der Waals surface area contributed by atoms with Crippen molar-refractivity contribution in [3.05, 3.63) is 47.0 Å². The molecule has 2 heterocycles. The van der Waals surface area contributed by atoms with E-state index in [2.05, 4.69) is 54.0 Å². The van der Waals surface area contributed by atoms with Crippen LogP contribution < -0.4 is 0 Å². The van der Waals surface area contributed by atoms with E-state index in [1.165, 1.54) is 63.7 Å². The van der Waals surface area contributed by atoms with Crippen molar-refractivity contribution < 1.29 is 4.74 Å². The van der Waals surface area contributed by atoms with Crippen molar-refractivity contribution >= 4 is 0 Å². The summed E-state index contributed by atoms with van der Waals surface area (Å²) in [5.41, 5.74) is 4.65. The summed E-state index contributed by atoms with van der Waals surface area (Å²) in [7, 11) is 0. The third kappa shape index (κ3) is 5.06. The molecule has 0 N–H and O–H groups in total. The van der Waals surface area contributed by atoms with Crippen LogP contribution in [-0.2, 0) is 17.6 Å². The van der Waals surface area contributed by atoms with Crippen LogP contribution >= 0.6 is 0 Å². The van der Waals surface area contributed by atoms with Gasteiger partial charge in [-0.25, -0.2) is 0 Å². The summed E-state index contributed by atoms with van der Waals surface area (Å²) < 4.78 is 5.93. The maximum atomic E-state index is 5.93. The lowest BCUT2D eigenvalue weighted by molar-refractivity contribution is 0.0606. The third-order valence-electron chi connectivity index (χ3n) is 7.16. The molecule has 3 aliphatic rings. The van der Waals surface area contributed by atoms with Crippen LogP contribution in [-0.4, -0.2) is 61.3 Å². The maximum Gasteiger partial charge on any atom is 0.0702 e. The fourth-order valence-corrected chi connectivity index (χ4v) is 5.38. The van der Waals surface area contributed by atoms with Crippen molar-refractivity contribution in [1.29, 1.82) is 0 Å². The summed E-state index contributed by atoms with van der Waals surface area (Å²) in [6.07, 6.45) is 10.4. The number of fused-ring (bicyclic) bond motifs is 1. The zero-order valence-electron chi connectivity index (χ0n) is 17.9. The highest BCUT2D eigenvalue weighted by Gasteiger charge is 2.30. The van der Waals surface area contributed by atoms with Gasteiger partial charge >= 0.3 is 0 Å². The van der Waals surface area contributed by atoms with Gasteiger partial charge < -0.3 is 4.74 Å². The number of rotatable bonds is 7. The molecule has 0 spiro atoms. The van der Waals surface area contributed by atoms with Crippen LogP contribution in [0.3, 0.4) is 0 Å². The number of hydrogen-bond acceptors (Lipinski definition) is 3. The van der Waals surface area contributed by atoms with E-state index in [0.29, 0.717) is 6.10 Å². The molecular weight excluding hydrogens is 344 g/mol. The van der Waals surface area contributed by atoms with Crippen molar-refractivity contribution in [2.75, 3.05) is 39.3 Å². The molecule has 0 saturated carbocycles. The van der Waals surface area contributed by atoms with Gasteiger partial charge in [-0.3, -0.25) is 9.80 Å². The number of nitrogens with zero attached hydrogens (tertiary/aromatic N) is 2. The Labute approximate surface area is 171 Å². The predicted octanol–water partition coefficient (Wildman–Crippen LogP) is 4.31. The highest BCUT2D eigenvalue weighted by atomic mass is 16.5. The standard InChI is InChI=1S/C25H38N2O/c1-3-20(2)17-26(19-25-9-6-14-28-25)18-21-10-12-27(13-11-21)24-15-22-7-4-5-8-23(22)16-24/h3-5,7-8,21,24-25H,6,9-19H2,1-2H3. The number of likely N-dealkylation sites (tertiary alicyclic amines) is 1. The van der Waals surface area contributed by atoms with Gasteiger partial charge in [0.25, 0.3) is 0 Å². The molecule has 1 atom stereocenters. The normalized spacial score (nSPS) is 25.0. The molecule has 1 aromatic rings. The highest BCUT2D eigenvalue weighted by molar-refractivity contribution is 5.33. The van der Waals surface area contributed by atoms with Gasteiger partial charge in [0.1, 0.15) is 0 Å². The molecule has 1 aliphatic carbocycles. The molecule has 154 valence electrons. The Morgan fingerprint density at radius 3 is 2.43 bits per heavy atom. The number of benzene rings is 1. The van der Waals surface area contributed by atoms with E-state index in [1.807, 2.05) is 0 Å². The maximum absolute atomic E-state index is 5.93. The molecule has 3 nitrogen and oxygen atoms in total. The zero-order chi connectivity index (χ0) is 19.3. The van der Waals surface area contributed by atoms with Gasteiger partial charge in [-0.2, -0.15) is 0 Å². The molecule has 28 heavy (non-hydrogen) atoms. The van der Waals surface area contributed by atoms with Crippen LogP contribution in [0.4, 0.5) is 0 Å². The second kappa shape index (κ2) is 9.56. The topological polar surface area (TPSA) is 15.7 Å². The quantitative estimate of drug-likeness (QED) is 0.654. The minimum absolute atomic E-state index is 0.460. The van der Waals surface area contributed by atoms with Crippen molar-refractivity contribution in [2.24, 2.45) is 5.92 Å². The first-order valence-electron chi connectivity index (χ1n) is 11.5. The fourth-order valence-electron chi connectivity index (χ4n) is 5.38. The fraction of sp³-hybridized carbons (Fsp3) is 0.680. The second-order valence-electron chi connectivity index (χ2n) is 9.27. The predicted molar refractivity (Wildman–Crippen MR) is 117 cm³/mol.